The zero-order valence-electron chi connectivity index (χ0n) is 10.3. The third kappa shape index (κ3) is 4.34. The van der Waals surface area contributed by atoms with Gasteiger partial charge >= 0.3 is 0 Å². The van der Waals surface area contributed by atoms with E-state index in [0.29, 0.717) is 16.2 Å². The number of sulfone groups is 1. The number of thioether (sulfide) groups is 1. The van der Waals surface area contributed by atoms with E-state index in [-0.39, 0.29) is 11.6 Å². The number of nitrogens with one attached hydrogen (secondary N) is 1. The second-order valence-corrected chi connectivity index (χ2v) is 7.20. The number of amidine groups is 1. The fourth-order valence-corrected chi connectivity index (χ4v) is 4.00. The predicted octanol–water partition coefficient (Wildman–Crippen LogP) is 1.89. The molecule has 0 aliphatic carbocycles. The number of benzene rings is 1. The molecular weight excluding hydrogens is 268 g/mol. The molecule has 0 heterocycles. The van der Waals surface area contributed by atoms with Crippen LogP contribution >= 0.6 is 11.8 Å². The molecule has 0 unspecified atom stereocenters. The number of nitrogens with two attached hydrogens (primary N) is 1. The van der Waals surface area contributed by atoms with E-state index in [1.165, 1.54) is 12.1 Å². The monoisotopic (exact) mass is 286 g/mol. The summed E-state index contributed by atoms with van der Waals surface area (Å²) in [5, 5.41) is 7.24. The number of hydrogen-bond donors (Lipinski definition) is 2. The van der Waals surface area contributed by atoms with Gasteiger partial charge in [0.25, 0.3) is 0 Å². The molecule has 1 aromatic rings. The highest BCUT2D eigenvalue weighted by molar-refractivity contribution is 8.00. The van der Waals surface area contributed by atoms with Gasteiger partial charge in [0.05, 0.1) is 10.6 Å². The Morgan fingerprint density at radius 2 is 1.89 bits per heavy atom. The van der Waals surface area contributed by atoms with Gasteiger partial charge in [-0.25, -0.2) is 8.42 Å². The first-order valence-corrected chi connectivity index (χ1v) is 8.53. The lowest BCUT2D eigenvalue weighted by Crippen LogP contribution is -2.12. The molecule has 0 aliphatic heterocycles. The SMILES string of the molecule is CCCSCCS(=O)(=O)c1ccc(C(=N)N)cc1. The molecule has 0 saturated carbocycles. The molecule has 6 heteroatoms. The Kier molecular flexibility index (Phi) is 5.68. The second-order valence-electron chi connectivity index (χ2n) is 3.87. The topological polar surface area (TPSA) is 84.0 Å². The van der Waals surface area contributed by atoms with Gasteiger partial charge in [0.1, 0.15) is 5.84 Å². The van der Waals surface area contributed by atoms with Crippen molar-refractivity contribution in [2.45, 2.75) is 18.2 Å². The highest BCUT2D eigenvalue weighted by Gasteiger charge is 2.13. The highest BCUT2D eigenvalue weighted by Crippen LogP contribution is 2.14. The number of nitrogen functional groups attached to an aromatic ring is 1. The van der Waals surface area contributed by atoms with E-state index in [9.17, 15) is 8.42 Å². The fraction of sp³-hybridized carbons (Fsp3) is 0.417. The molecule has 0 bridgehead atoms. The summed E-state index contributed by atoms with van der Waals surface area (Å²) < 4.78 is 24.0. The van der Waals surface area contributed by atoms with Crippen molar-refractivity contribution >= 4 is 27.4 Å². The molecule has 3 N–H and O–H groups in total. The van der Waals surface area contributed by atoms with E-state index in [0.717, 1.165) is 12.2 Å². The van der Waals surface area contributed by atoms with Crippen molar-refractivity contribution in [2.24, 2.45) is 5.73 Å². The lowest BCUT2D eigenvalue weighted by atomic mass is 10.2. The van der Waals surface area contributed by atoms with Gasteiger partial charge in [-0.2, -0.15) is 11.8 Å². The van der Waals surface area contributed by atoms with Crippen LogP contribution in [0.1, 0.15) is 18.9 Å². The normalized spacial score (nSPS) is 11.4. The van der Waals surface area contributed by atoms with Crippen LogP contribution in [-0.2, 0) is 9.84 Å². The zero-order chi connectivity index (χ0) is 13.6. The maximum absolute atomic E-state index is 12.0. The lowest BCUT2D eigenvalue weighted by molar-refractivity contribution is 0.597. The zero-order valence-corrected chi connectivity index (χ0v) is 12.0. The Morgan fingerprint density at radius 1 is 1.28 bits per heavy atom. The van der Waals surface area contributed by atoms with Gasteiger partial charge in [0.15, 0.2) is 9.84 Å². The van der Waals surface area contributed by atoms with Crippen molar-refractivity contribution in [2.75, 3.05) is 17.3 Å². The molecule has 0 atom stereocenters. The lowest BCUT2D eigenvalue weighted by Gasteiger charge is -2.05. The van der Waals surface area contributed by atoms with Crippen molar-refractivity contribution in [1.82, 2.24) is 0 Å². The third-order valence-corrected chi connectivity index (χ3v) is 5.55. The van der Waals surface area contributed by atoms with E-state index >= 15 is 0 Å². The van der Waals surface area contributed by atoms with Crippen LogP contribution in [0.4, 0.5) is 0 Å². The van der Waals surface area contributed by atoms with Crippen LogP contribution in [0.5, 0.6) is 0 Å². The molecule has 0 amide bonds. The Hall–Kier alpha value is -1.01. The van der Waals surface area contributed by atoms with E-state index in [2.05, 4.69) is 6.92 Å². The summed E-state index contributed by atoms with van der Waals surface area (Å²) in [7, 11) is -3.22. The van der Waals surface area contributed by atoms with Crippen LogP contribution in [0.15, 0.2) is 29.2 Å². The fourth-order valence-electron chi connectivity index (χ4n) is 1.37. The van der Waals surface area contributed by atoms with E-state index < -0.39 is 9.84 Å². The molecule has 4 nitrogen and oxygen atoms in total. The van der Waals surface area contributed by atoms with Crippen molar-refractivity contribution < 1.29 is 8.42 Å². The Bertz CT molecular complexity index is 495. The summed E-state index contributed by atoms with van der Waals surface area (Å²) >= 11 is 1.65. The first-order chi connectivity index (χ1) is 8.47. The van der Waals surface area contributed by atoms with Crippen molar-refractivity contribution in [3.8, 4) is 0 Å². The molecule has 0 saturated heterocycles. The third-order valence-electron chi connectivity index (χ3n) is 2.37. The molecule has 0 fully saturated rings. The summed E-state index contributed by atoms with van der Waals surface area (Å²) in [5.74, 6) is 1.69. The van der Waals surface area contributed by atoms with E-state index in [1.807, 2.05) is 0 Å². The van der Waals surface area contributed by atoms with E-state index in [4.69, 9.17) is 11.1 Å². The minimum absolute atomic E-state index is 0.0579. The Balaban J connectivity index is 2.70. The first kappa shape index (κ1) is 15.0. The van der Waals surface area contributed by atoms with Crippen LogP contribution in [-0.4, -0.2) is 31.5 Å². The molecule has 0 aliphatic rings. The van der Waals surface area contributed by atoms with Crippen LogP contribution in [0, 0.1) is 5.41 Å². The Labute approximate surface area is 112 Å². The molecule has 1 rings (SSSR count). The summed E-state index contributed by atoms with van der Waals surface area (Å²) in [6.45, 7) is 2.07. The van der Waals surface area contributed by atoms with Crippen LogP contribution < -0.4 is 5.73 Å². The average Bonchev–Trinajstić information content (AvgIpc) is 2.35. The summed E-state index contributed by atoms with van der Waals surface area (Å²) in [5.41, 5.74) is 5.85. The van der Waals surface area contributed by atoms with Crippen LogP contribution in [0.25, 0.3) is 0 Å². The van der Waals surface area contributed by atoms with Gasteiger partial charge in [-0.05, 0) is 24.3 Å². The minimum atomic E-state index is -3.22. The quantitative estimate of drug-likeness (QED) is 0.455. The molecule has 18 heavy (non-hydrogen) atoms. The van der Waals surface area contributed by atoms with Gasteiger partial charge in [0, 0.05) is 11.3 Å². The number of rotatable bonds is 7. The second kappa shape index (κ2) is 6.80. The van der Waals surface area contributed by atoms with Gasteiger partial charge in [-0.3, -0.25) is 5.41 Å². The van der Waals surface area contributed by atoms with Gasteiger partial charge < -0.3 is 5.73 Å². The average molecular weight is 286 g/mol. The van der Waals surface area contributed by atoms with Crippen molar-refractivity contribution in [1.29, 1.82) is 5.41 Å². The van der Waals surface area contributed by atoms with Crippen LogP contribution in [0.3, 0.4) is 0 Å². The standard InChI is InChI=1S/C12H18N2O2S2/c1-2-7-17-8-9-18(15,16)11-5-3-10(4-6-11)12(13)14/h3-6H,2,7-9H2,1H3,(H3,13,14). The molecule has 0 spiro atoms. The van der Waals surface area contributed by atoms with Crippen molar-refractivity contribution in [3.05, 3.63) is 29.8 Å². The minimum Gasteiger partial charge on any atom is -0.384 e. The molecule has 0 aromatic heterocycles. The van der Waals surface area contributed by atoms with Gasteiger partial charge in [-0.1, -0.05) is 19.1 Å². The van der Waals surface area contributed by atoms with Crippen molar-refractivity contribution in [3.63, 3.8) is 0 Å². The smallest absolute Gasteiger partial charge is 0.179 e. The first-order valence-electron chi connectivity index (χ1n) is 5.72. The highest BCUT2D eigenvalue weighted by atomic mass is 32.2. The molecule has 100 valence electrons. The molecular formula is C12H18N2O2S2. The number of hydrogen-bond acceptors (Lipinski definition) is 4. The molecule has 0 radical (unpaired) electrons. The predicted molar refractivity (Wildman–Crippen MR) is 77.1 cm³/mol. The Morgan fingerprint density at radius 3 is 2.39 bits per heavy atom. The van der Waals surface area contributed by atoms with Gasteiger partial charge in [-0.15, -0.1) is 0 Å². The van der Waals surface area contributed by atoms with Gasteiger partial charge in [0.2, 0.25) is 0 Å². The van der Waals surface area contributed by atoms with Crippen LogP contribution in [0.2, 0.25) is 0 Å². The molecule has 1 aromatic carbocycles. The van der Waals surface area contributed by atoms with E-state index in [1.54, 1.807) is 23.9 Å². The summed E-state index contributed by atoms with van der Waals surface area (Å²) in [6.07, 6.45) is 1.05. The maximum atomic E-state index is 12.0. The maximum Gasteiger partial charge on any atom is 0.179 e. The summed E-state index contributed by atoms with van der Waals surface area (Å²) in [6, 6.07) is 6.15. The largest absolute Gasteiger partial charge is 0.384 e. The summed E-state index contributed by atoms with van der Waals surface area (Å²) in [4.78, 5) is 0.296.